The van der Waals surface area contributed by atoms with Gasteiger partial charge in [0.25, 0.3) is 0 Å². The van der Waals surface area contributed by atoms with Crippen molar-refractivity contribution in [2.75, 3.05) is 32.8 Å². The third-order valence-corrected chi connectivity index (χ3v) is 3.61. The van der Waals surface area contributed by atoms with Crippen LogP contribution in [0.1, 0.15) is 52.4 Å². The maximum Gasteiger partial charge on any atom is 0.216 e. The number of carbonyl (C=O) groups is 1. The highest BCUT2D eigenvalue weighted by atomic mass is 16.5. The normalized spacial score (nSPS) is 16.4. The molecule has 0 heterocycles. The molecule has 1 aliphatic carbocycles. The molecule has 0 unspecified atom stereocenters. The van der Waals surface area contributed by atoms with E-state index in [2.05, 4.69) is 20.9 Å². The molecule has 0 atom stereocenters. The minimum absolute atomic E-state index is 0.0106. The molecule has 1 saturated carbocycles. The molecule has 0 aliphatic heterocycles. The number of hydrogen-bond donors (Lipinski definition) is 3. The molecule has 0 bridgehead atoms. The molecule has 1 aliphatic rings. The van der Waals surface area contributed by atoms with E-state index in [1.807, 2.05) is 6.92 Å². The Kier molecular flexibility index (Phi) is 10.5. The second-order valence-corrected chi connectivity index (χ2v) is 5.65. The van der Waals surface area contributed by atoms with Crippen molar-refractivity contribution in [3.8, 4) is 0 Å². The Hall–Kier alpha value is -1.30. The van der Waals surface area contributed by atoms with Crippen molar-refractivity contribution in [2.24, 2.45) is 4.99 Å². The molecule has 0 spiro atoms. The van der Waals surface area contributed by atoms with Crippen LogP contribution in [0.15, 0.2) is 4.99 Å². The molecule has 6 heteroatoms. The largest absolute Gasteiger partial charge is 0.378 e. The summed E-state index contributed by atoms with van der Waals surface area (Å²) < 4.78 is 5.89. The molecule has 0 radical (unpaired) electrons. The molecule has 128 valence electrons. The van der Waals surface area contributed by atoms with E-state index >= 15 is 0 Å². The summed E-state index contributed by atoms with van der Waals surface area (Å²) in [5, 5.41) is 9.15. The zero-order chi connectivity index (χ0) is 16.0. The van der Waals surface area contributed by atoms with Gasteiger partial charge in [-0.3, -0.25) is 9.79 Å². The van der Waals surface area contributed by atoms with Crippen LogP contribution < -0.4 is 16.0 Å². The minimum Gasteiger partial charge on any atom is -0.378 e. The van der Waals surface area contributed by atoms with E-state index < -0.39 is 0 Å². The Morgan fingerprint density at radius 1 is 1.14 bits per heavy atom. The van der Waals surface area contributed by atoms with E-state index in [1.165, 1.54) is 39.0 Å². The number of amides is 1. The predicted molar refractivity (Wildman–Crippen MR) is 90.1 cm³/mol. The van der Waals surface area contributed by atoms with Gasteiger partial charge in [0.05, 0.1) is 6.10 Å². The summed E-state index contributed by atoms with van der Waals surface area (Å²) >= 11 is 0. The van der Waals surface area contributed by atoms with E-state index in [0.717, 1.165) is 32.1 Å². The number of guanidine groups is 1. The fraction of sp³-hybridized carbons (Fsp3) is 0.875. The monoisotopic (exact) mass is 312 g/mol. The van der Waals surface area contributed by atoms with Gasteiger partial charge < -0.3 is 20.7 Å². The molecule has 22 heavy (non-hydrogen) atoms. The van der Waals surface area contributed by atoms with Crippen molar-refractivity contribution >= 4 is 11.9 Å². The van der Waals surface area contributed by atoms with Crippen LogP contribution in [0.3, 0.4) is 0 Å². The number of rotatable bonds is 9. The van der Waals surface area contributed by atoms with Gasteiger partial charge in [-0.05, 0) is 26.2 Å². The maximum atomic E-state index is 10.8. The second kappa shape index (κ2) is 12.3. The van der Waals surface area contributed by atoms with Crippen LogP contribution in [0.2, 0.25) is 0 Å². The number of nitrogens with one attached hydrogen (secondary N) is 3. The lowest BCUT2D eigenvalue weighted by molar-refractivity contribution is -0.118. The highest BCUT2D eigenvalue weighted by Crippen LogP contribution is 2.20. The van der Waals surface area contributed by atoms with Crippen molar-refractivity contribution in [1.82, 2.24) is 16.0 Å². The standard InChI is InChI=1S/C16H32N4O2/c1-3-17-16(20-12-11-18-14(2)21)19-10-7-13-22-15-8-5-4-6-9-15/h15H,3-13H2,1-2H3,(H,18,21)(H2,17,19,20). The average Bonchev–Trinajstić information content (AvgIpc) is 2.52. The molecule has 6 nitrogen and oxygen atoms in total. The fourth-order valence-corrected chi connectivity index (χ4v) is 2.50. The quantitative estimate of drug-likeness (QED) is 0.342. The van der Waals surface area contributed by atoms with E-state index in [0.29, 0.717) is 19.2 Å². The first-order valence-electron chi connectivity index (χ1n) is 8.60. The summed E-state index contributed by atoms with van der Waals surface area (Å²) in [6.45, 7) is 7.20. The van der Waals surface area contributed by atoms with Gasteiger partial charge in [0.15, 0.2) is 5.96 Å². The molecule has 0 aromatic carbocycles. The van der Waals surface area contributed by atoms with Gasteiger partial charge in [-0.2, -0.15) is 0 Å². The van der Waals surface area contributed by atoms with Crippen LogP contribution in [0, 0.1) is 0 Å². The smallest absolute Gasteiger partial charge is 0.216 e. The predicted octanol–water partition coefficient (Wildman–Crippen LogP) is 1.42. The topological polar surface area (TPSA) is 74.8 Å². The lowest BCUT2D eigenvalue weighted by atomic mass is 9.98. The Balaban J connectivity index is 2.11. The number of carbonyl (C=O) groups excluding carboxylic acids is 1. The van der Waals surface area contributed by atoms with Crippen molar-refractivity contribution < 1.29 is 9.53 Å². The van der Waals surface area contributed by atoms with Crippen LogP contribution in [-0.4, -0.2) is 50.8 Å². The van der Waals surface area contributed by atoms with Gasteiger partial charge in [0.1, 0.15) is 0 Å². The number of aliphatic imine (C=N–C) groups is 1. The fourth-order valence-electron chi connectivity index (χ4n) is 2.50. The van der Waals surface area contributed by atoms with E-state index in [1.54, 1.807) is 0 Å². The summed E-state index contributed by atoms with van der Waals surface area (Å²) in [6.07, 6.45) is 7.84. The molecule has 0 aromatic rings. The molecule has 0 saturated heterocycles. The first-order chi connectivity index (χ1) is 10.7. The molecular formula is C16H32N4O2. The highest BCUT2D eigenvalue weighted by molar-refractivity contribution is 5.79. The Morgan fingerprint density at radius 2 is 1.86 bits per heavy atom. The zero-order valence-electron chi connectivity index (χ0n) is 14.1. The second-order valence-electron chi connectivity index (χ2n) is 5.65. The summed E-state index contributed by atoms with van der Waals surface area (Å²) in [5.74, 6) is 0.786. The maximum absolute atomic E-state index is 10.8. The van der Waals surface area contributed by atoms with Crippen LogP contribution in [-0.2, 0) is 9.53 Å². The van der Waals surface area contributed by atoms with Crippen molar-refractivity contribution in [3.63, 3.8) is 0 Å². The van der Waals surface area contributed by atoms with E-state index in [4.69, 9.17) is 4.74 Å². The summed E-state index contributed by atoms with van der Waals surface area (Å²) in [6, 6.07) is 0. The highest BCUT2D eigenvalue weighted by Gasteiger charge is 2.12. The van der Waals surface area contributed by atoms with Gasteiger partial charge in [-0.1, -0.05) is 19.3 Å². The minimum atomic E-state index is -0.0106. The third kappa shape index (κ3) is 9.60. The van der Waals surface area contributed by atoms with E-state index in [9.17, 15) is 4.79 Å². The van der Waals surface area contributed by atoms with Crippen LogP contribution in [0.5, 0.6) is 0 Å². The number of ether oxygens (including phenoxy) is 1. The average molecular weight is 312 g/mol. The molecular weight excluding hydrogens is 280 g/mol. The SMILES string of the molecule is CCNC(=NCCCOC1CCCCC1)NCCNC(C)=O. The van der Waals surface area contributed by atoms with Gasteiger partial charge in [-0.25, -0.2) is 0 Å². The summed E-state index contributed by atoms with van der Waals surface area (Å²) in [5.41, 5.74) is 0. The van der Waals surface area contributed by atoms with Gasteiger partial charge >= 0.3 is 0 Å². The van der Waals surface area contributed by atoms with Gasteiger partial charge in [0, 0.05) is 39.7 Å². The Labute approximate surface area is 134 Å². The molecule has 1 amide bonds. The van der Waals surface area contributed by atoms with Crippen LogP contribution in [0.25, 0.3) is 0 Å². The first kappa shape index (κ1) is 18.7. The van der Waals surface area contributed by atoms with Crippen molar-refractivity contribution in [3.05, 3.63) is 0 Å². The van der Waals surface area contributed by atoms with Gasteiger partial charge in [-0.15, -0.1) is 0 Å². The number of nitrogens with zero attached hydrogens (tertiary/aromatic N) is 1. The Bertz CT molecular complexity index is 328. The van der Waals surface area contributed by atoms with E-state index in [-0.39, 0.29) is 5.91 Å². The lowest BCUT2D eigenvalue weighted by Crippen LogP contribution is -2.41. The summed E-state index contributed by atoms with van der Waals surface area (Å²) in [4.78, 5) is 15.3. The Morgan fingerprint density at radius 3 is 2.55 bits per heavy atom. The molecule has 3 N–H and O–H groups in total. The van der Waals surface area contributed by atoms with Crippen LogP contribution >= 0.6 is 0 Å². The zero-order valence-corrected chi connectivity index (χ0v) is 14.1. The molecule has 1 fully saturated rings. The summed E-state index contributed by atoms with van der Waals surface area (Å²) in [7, 11) is 0. The van der Waals surface area contributed by atoms with Crippen molar-refractivity contribution in [2.45, 2.75) is 58.5 Å². The lowest BCUT2D eigenvalue weighted by Gasteiger charge is -2.21. The first-order valence-corrected chi connectivity index (χ1v) is 8.60. The number of hydrogen-bond acceptors (Lipinski definition) is 3. The van der Waals surface area contributed by atoms with Crippen molar-refractivity contribution in [1.29, 1.82) is 0 Å². The van der Waals surface area contributed by atoms with Crippen LogP contribution in [0.4, 0.5) is 0 Å². The van der Waals surface area contributed by atoms with Gasteiger partial charge in [0.2, 0.25) is 5.91 Å². The molecule has 0 aromatic heterocycles. The molecule has 1 rings (SSSR count). The third-order valence-electron chi connectivity index (χ3n) is 3.61.